The van der Waals surface area contributed by atoms with E-state index in [2.05, 4.69) is 10.1 Å². The fourth-order valence-corrected chi connectivity index (χ4v) is 4.26. The summed E-state index contributed by atoms with van der Waals surface area (Å²) in [6, 6.07) is 9.28. The summed E-state index contributed by atoms with van der Waals surface area (Å²) in [5, 5.41) is 2.62. The Morgan fingerprint density at radius 3 is 2.69 bits per heavy atom. The molecule has 0 aromatic heterocycles. The van der Waals surface area contributed by atoms with Gasteiger partial charge < -0.3 is 0 Å². The molecule has 8 nitrogen and oxygen atoms in total. The van der Waals surface area contributed by atoms with E-state index in [-0.39, 0.29) is 26.2 Å². The van der Waals surface area contributed by atoms with Crippen molar-refractivity contribution in [3.05, 3.63) is 35.9 Å². The van der Waals surface area contributed by atoms with Crippen LogP contribution in [0, 0.1) is 5.41 Å². The monoisotopic (exact) mass is 387 g/mol. The molecule has 1 fully saturated rings. The maximum absolute atomic E-state index is 12.5. The van der Waals surface area contributed by atoms with Crippen molar-refractivity contribution in [3.8, 4) is 0 Å². The summed E-state index contributed by atoms with van der Waals surface area (Å²) in [7, 11) is -2.67. The molecule has 1 saturated heterocycles. The predicted molar refractivity (Wildman–Crippen MR) is 96.0 cm³/mol. The predicted octanol–water partition coefficient (Wildman–Crippen LogP) is 1.73. The molecule has 1 heterocycles. The average molecular weight is 387 g/mol. The van der Waals surface area contributed by atoms with Crippen LogP contribution in [0.15, 0.2) is 30.3 Å². The Balaban J connectivity index is 1.95. The number of hydrogen-bond acceptors (Lipinski definition) is 7. The van der Waals surface area contributed by atoms with E-state index in [0.29, 0.717) is 0 Å². The third-order valence-corrected chi connectivity index (χ3v) is 5.51. The van der Waals surface area contributed by atoms with Gasteiger partial charge in [-0.25, -0.2) is 0 Å². The number of nitrogens with one attached hydrogen (secondary N) is 1. The summed E-state index contributed by atoms with van der Waals surface area (Å²) in [5.74, 6) is -0.856. The van der Waals surface area contributed by atoms with Gasteiger partial charge in [-0.1, -0.05) is 0 Å². The zero-order valence-electron chi connectivity index (χ0n) is 15.2. The first kappa shape index (κ1) is 20.7. The minimum atomic E-state index is -3.95. The molecule has 2 rings (SSSR count). The Kier molecular flexibility index (Phi) is 7.08. The van der Waals surface area contributed by atoms with Gasteiger partial charge in [0.05, 0.1) is 0 Å². The van der Waals surface area contributed by atoms with Crippen molar-refractivity contribution in [2.24, 2.45) is 5.41 Å². The fraction of sp³-hybridized carbons (Fsp3) is 0.529. The summed E-state index contributed by atoms with van der Waals surface area (Å²) in [4.78, 5) is 34.2. The maximum atomic E-state index is 12.5. The molecule has 0 bridgehead atoms. The molecule has 0 radical (unpaired) electrons. The molecule has 1 amide bonds. The van der Waals surface area contributed by atoms with E-state index in [1.807, 2.05) is 30.3 Å². The normalized spacial score (nSPS) is 22.2. The average Bonchev–Trinajstić information content (AvgIpc) is 2.63. The molecule has 1 aromatic carbocycles. The van der Waals surface area contributed by atoms with Crippen molar-refractivity contribution in [2.75, 3.05) is 20.3 Å². The number of esters is 1. The van der Waals surface area contributed by atoms with Gasteiger partial charge in [-0.3, -0.25) is 0 Å². The fourth-order valence-electron chi connectivity index (χ4n) is 2.41. The molecule has 1 atom stereocenters. The van der Waals surface area contributed by atoms with Gasteiger partial charge in [0.15, 0.2) is 0 Å². The molecule has 0 saturated carbocycles. The van der Waals surface area contributed by atoms with Crippen LogP contribution in [-0.2, 0) is 34.5 Å². The first-order chi connectivity index (χ1) is 12.3. The van der Waals surface area contributed by atoms with Crippen molar-refractivity contribution in [2.45, 2.75) is 33.0 Å². The van der Waals surface area contributed by atoms with E-state index >= 15 is 0 Å². The number of amides is 1. The Morgan fingerprint density at radius 1 is 1.35 bits per heavy atom. The number of ether oxygens (including phenoxy) is 1. The van der Waals surface area contributed by atoms with Crippen LogP contribution in [0.3, 0.4) is 0 Å². The number of benzene rings is 1. The first-order valence-corrected chi connectivity index (χ1v) is 9.99. The Morgan fingerprint density at radius 2 is 2.04 bits per heavy atom. The van der Waals surface area contributed by atoms with Crippen LogP contribution in [0.2, 0.25) is 0 Å². The van der Waals surface area contributed by atoms with Gasteiger partial charge in [0.1, 0.15) is 0 Å². The molecule has 146 valence electrons. The molecule has 2 N–H and O–H groups in total. The molecule has 1 unspecified atom stereocenters. The summed E-state index contributed by atoms with van der Waals surface area (Å²) >= 11 is 0. The molecule has 1 aliphatic rings. The summed E-state index contributed by atoms with van der Waals surface area (Å²) in [5.41, 5.74) is 0.189. The number of carbonyl (C=O) groups is 2. The van der Waals surface area contributed by atoms with Gasteiger partial charge in [-0.15, -0.1) is 0 Å². The summed E-state index contributed by atoms with van der Waals surface area (Å²) in [6.07, 6.45) is -0.903. The number of hydrogen-bond donors (Lipinski definition) is 2. The van der Waals surface area contributed by atoms with Crippen LogP contribution in [0.5, 0.6) is 0 Å². The summed E-state index contributed by atoms with van der Waals surface area (Å²) in [6.45, 7) is 3.93. The number of carbonyl (C=O) groups excluding carboxylic acids is 2. The Hall–Kier alpha value is -1.57. The second kappa shape index (κ2) is 8.88. The van der Waals surface area contributed by atoms with Gasteiger partial charge in [0, 0.05) is 0 Å². The minimum absolute atomic E-state index is 0.0537. The molecule has 0 spiro atoms. The topological polar surface area (TPSA) is 103 Å². The van der Waals surface area contributed by atoms with Gasteiger partial charge in [0.2, 0.25) is 0 Å². The van der Waals surface area contributed by atoms with Gasteiger partial charge in [0.25, 0.3) is 0 Å². The third kappa shape index (κ3) is 5.72. The van der Waals surface area contributed by atoms with E-state index < -0.39 is 31.6 Å². The van der Waals surface area contributed by atoms with E-state index in [0.717, 1.165) is 5.56 Å². The van der Waals surface area contributed by atoms with Gasteiger partial charge >= 0.3 is 153 Å². The molecule has 0 aliphatic carbocycles. The molecule has 1 aromatic rings. The van der Waals surface area contributed by atoms with E-state index in [9.17, 15) is 14.5 Å². The third-order valence-electron chi connectivity index (χ3n) is 3.96. The quantitative estimate of drug-likeness (QED) is 0.542. The van der Waals surface area contributed by atoms with Crippen LogP contribution in [-0.4, -0.2) is 43.1 Å². The Labute approximate surface area is 153 Å². The standard InChI is InChI=1S/C17H26NO7P/c1-17(2)12-24-26(21,23-11-13-7-5-4-6-8-13)25-15(17)16(20)18-10-9-14(19)22-3/h4-8,15,21,26H,9-12H2,1-3H3,(H,18,20). The van der Waals surface area contributed by atoms with E-state index in [4.69, 9.17) is 13.6 Å². The number of rotatable bonds is 7. The first-order valence-electron chi connectivity index (χ1n) is 8.32. The second-order valence-corrected chi connectivity index (χ2v) is 8.55. The summed E-state index contributed by atoms with van der Waals surface area (Å²) < 4.78 is 21.0. The van der Waals surface area contributed by atoms with E-state index in [1.54, 1.807) is 13.8 Å². The van der Waals surface area contributed by atoms with Gasteiger partial charge in [-0.2, -0.15) is 0 Å². The van der Waals surface area contributed by atoms with Crippen molar-refractivity contribution >= 4 is 20.0 Å². The zero-order valence-corrected chi connectivity index (χ0v) is 16.2. The molecule has 1 aliphatic heterocycles. The molecule has 26 heavy (non-hydrogen) atoms. The van der Waals surface area contributed by atoms with Crippen LogP contribution in [0.25, 0.3) is 0 Å². The van der Waals surface area contributed by atoms with E-state index in [1.165, 1.54) is 7.11 Å². The van der Waals surface area contributed by atoms with Crippen molar-refractivity contribution < 1.29 is 32.8 Å². The van der Waals surface area contributed by atoms with Crippen LogP contribution < -0.4 is 5.32 Å². The molecular weight excluding hydrogens is 361 g/mol. The van der Waals surface area contributed by atoms with Crippen LogP contribution in [0.1, 0.15) is 25.8 Å². The van der Waals surface area contributed by atoms with Crippen LogP contribution >= 0.6 is 8.17 Å². The SMILES string of the molecule is COC(=O)CCNC(=O)C1O[PH](O)(OCc2ccccc2)OCC1(C)C. The van der Waals surface area contributed by atoms with Crippen molar-refractivity contribution in [3.63, 3.8) is 0 Å². The Bertz CT molecular complexity index is 625. The van der Waals surface area contributed by atoms with Crippen molar-refractivity contribution in [1.82, 2.24) is 5.32 Å². The van der Waals surface area contributed by atoms with Gasteiger partial charge in [-0.05, 0) is 0 Å². The zero-order chi connectivity index (χ0) is 19.2. The molecular formula is C17H26NO7P. The van der Waals surface area contributed by atoms with Crippen LogP contribution in [0.4, 0.5) is 0 Å². The van der Waals surface area contributed by atoms with Crippen molar-refractivity contribution in [1.29, 1.82) is 0 Å². The second-order valence-electron chi connectivity index (χ2n) is 6.69. The number of methoxy groups -OCH3 is 1. The molecule has 9 heteroatoms.